The van der Waals surface area contributed by atoms with Crippen LogP contribution in [-0.2, 0) is 9.53 Å². The first-order valence-corrected chi connectivity index (χ1v) is 4.31. The topological polar surface area (TPSA) is 55.6 Å². The third-order valence-electron chi connectivity index (χ3n) is 1.86. The number of nitrogens with two attached hydrogens (primary N) is 1. The van der Waals surface area contributed by atoms with Gasteiger partial charge < -0.3 is 15.4 Å². The Balaban J connectivity index is 2.30. The maximum atomic E-state index is 11.4. The number of ether oxygens (including phenoxy) is 1. The van der Waals surface area contributed by atoms with Gasteiger partial charge in [0.25, 0.3) is 0 Å². The molecule has 1 heterocycles. The lowest BCUT2D eigenvalue weighted by Gasteiger charge is -2.27. The maximum Gasteiger partial charge on any atom is 0.224 e. The number of hydrogen-bond donors (Lipinski definition) is 1. The minimum absolute atomic E-state index is 0.0413. The van der Waals surface area contributed by atoms with E-state index in [0.29, 0.717) is 32.7 Å². The Morgan fingerprint density at radius 2 is 2.17 bits per heavy atom. The third-order valence-corrected chi connectivity index (χ3v) is 1.86. The SMILES string of the molecule is C[C@H](N)CC(=O)N1CCOCC1. The zero-order valence-corrected chi connectivity index (χ0v) is 7.45. The Bertz CT molecular complexity index is 153. The number of carbonyl (C=O) groups excluding carboxylic acids is 1. The van der Waals surface area contributed by atoms with Gasteiger partial charge in [-0.2, -0.15) is 0 Å². The van der Waals surface area contributed by atoms with Crippen LogP contribution in [0.4, 0.5) is 0 Å². The maximum absolute atomic E-state index is 11.4. The molecule has 0 aliphatic carbocycles. The lowest BCUT2D eigenvalue weighted by molar-refractivity contribution is -0.135. The molecule has 1 atom stereocenters. The number of carbonyl (C=O) groups is 1. The molecular weight excluding hydrogens is 156 g/mol. The molecule has 1 saturated heterocycles. The molecule has 0 aromatic rings. The molecule has 0 aromatic heterocycles. The van der Waals surface area contributed by atoms with Crippen molar-refractivity contribution < 1.29 is 9.53 Å². The fraction of sp³-hybridized carbons (Fsp3) is 0.875. The van der Waals surface area contributed by atoms with Gasteiger partial charge in [-0.15, -0.1) is 0 Å². The first-order chi connectivity index (χ1) is 5.70. The molecule has 1 aliphatic rings. The molecule has 1 amide bonds. The van der Waals surface area contributed by atoms with Crippen molar-refractivity contribution in [2.75, 3.05) is 26.3 Å². The number of nitrogens with zero attached hydrogens (tertiary/aromatic N) is 1. The van der Waals surface area contributed by atoms with Gasteiger partial charge in [-0.1, -0.05) is 0 Å². The molecule has 4 heteroatoms. The zero-order chi connectivity index (χ0) is 8.97. The Morgan fingerprint density at radius 3 is 2.67 bits per heavy atom. The molecule has 70 valence electrons. The van der Waals surface area contributed by atoms with Crippen LogP contribution in [-0.4, -0.2) is 43.2 Å². The van der Waals surface area contributed by atoms with Crippen LogP contribution in [0.1, 0.15) is 13.3 Å². The minimum Gasteiger partial charge on any atom is -0.378 e. The minimum atomic E-state index is -0.0413. The number of hydrogen-bond acceptors (Lipinski definition) is 3. The summed E-state index contributed by atoms with van der Waals surface area (Å²) in [4.78, 5) is 13.2. The van der Waals surface area contributed by atoms with Crippen molar-refractivity contribution in [3.05, 3.63) is 0 Å². The highest BCUT2D eigenvalue weighted by Crippen LogP contribution is 2.01. The van der Waals surface area contributed by atoms with Crippen molar-refractivity contribution in [3.63, 3.8) is 0 Å². The van der Waals surface area contributed by atoms with Crippen LogP contribution in [0.3, 0.4) is 0 Å². The Kier molecular flexibility index (Phi) is 3.49. The Hall–Kier alpha value is -0.610. The standard InChI is InChI=1S/C8H16N2O2/c1-7(9)6-8(11)10-2-4-12-5-3-10/h7H,2-6,9H2,1H3/t7-/m0/s1. The fourth-order valence-electron chi connectivity index (χ4n) is 1.22. The molecule has 0 spiro atoms. The van der Waals surface area contributed by atoms with Gasteiger partial charge in [0.2, 0.25) is 5.91 Å². The monoisotopic (exact) mass is 172 g/mol. The second-order valence-electron chi connectivity index (χ2n) is 3.17. The largest absolute Gasteiger partial charge is 0.378 e. The second-order valence-corrected chi connectivity index (χ2v) is 3.17. The highest BCUT2D eigenvalue weighted by molar-refractivity contribution is 5.76. The van der Waals surface area contributed by atoms with Crippen LogP contribution < -0.4 is 5.73 Å². The van der Waals surface area contributed by atoms with E-state index in [1.165, 1.54) is 0 Å². The van der Waals surface area contributed by atoms with Gasteiger partial charge in [0, 0.05) is 25.6 Å². The molecule has 1 aliphatic heterocycles. The van der Waals surface area contributed by atoms with Crippen molar-refractivity contribution in [2.24, 2.45) is 5.73 Å². The van der Waals surface area contributed by atoms with E-state index in [1.807, 2.05) is 11.8 Å². The zero-order valence-electron chi connectivity index (χ0n) is 7.45. The molecule has 0 aromatic carbocycles. The number of morpholine rings is 1. The highest BCUT2D eigenvalue weighted by atomic mass is 16.5. The summed E-state index contributed by atoms with van der Waals surface area (Å²) in [5, 5.41) is 0. The fourth-order valence-corrected chi connectivity index (χ4v) is 1.22. The summed E-state index contributed by atoms with van der Waals surface area (Å²) in [6.07, 6.45) is 0.444. The van der Waals surface area contributed by atoms with Crippen LogP contribution in [0.25, 0.3) is 0 Å². The Labute approximate surface area is 72.7 Å². The predicted octanol–water partition coefficient (Wildman–Crippen LogP) is -0.417. The van der Waals surface area contributed by atoms with Gasteiger partial charge >= 0.3 is 0 Å². The predicted molar refractivity (Wildman–Crippen MR) is 45.7 cm³/mol. The second kappa shape index (κ2) is 4.42. The Morgan fingerprint density at radius 1 is 1.58 bits per heavy atom. The summed E-state index contributed by atoms with van der Waals surface area (Å²) >= 11 is 0. The van der Waals surface area contributed by atoms with Gasteiger partial charge in [-0.3, -0.25) is 4.79 Å². The average molecular weight is 172 g/mol. The molecular formula is C8H16N2O2. The van der Waals surface area contributed by atoms with Crippen LogP contribution in [0, 0.1) is 0 Å². The quantitative estimate of drug-likeness (QED) is 0.615. The lowest BCUT2D eigenvalue weighted by Crippen LogP contribution is -2.42. The average Bonchev–Trinajstić information content (AvgIpc) is 2.05. The molecule has 4 nitrogen and oxygen atoms in total. The van der Waals surface area contributed by atoms with Gasteiger partial charge in [-0.05, 0) is 6.92 Å². The summed E-state index contributed by atoms with van der Waals surface area (Å²) in [6, 6.07) is -0.0413. The summed E-state index contributed by atoms with van der Waals surface area (Å²) in [5.74, 6) is 0.147. The van der Waals surface area contributed by atoms with Crippen molar-refractivity contribution in [2.45, 2.75) is 19.4 Å². The lowest BCUT2D eigenvalue weighted by atomic mass is 10.2. The van der Waals surface area contributed by atoms with E-state index in [-0.39, 0.29) is 11.9 Å². The smallest absolute Gasteiger partial charge is 0.224 e. The summed E-state index contributed by atoms with van der Waals surface area (Å²) in [7, 11) is 0. The van der Waals surface area contributed by atoms with Crippen molar-refractivity contribution in [1.82, 2.24) is 4.90 Å². The third kappa shape index (κ3) is 2.79. The van der Waals surface area contributed by atoms with Crippen molar-refractivity contribution >= 4 is 5.91 Å². The van der Waals surface area contributed by atoms with Crippen LogP contribution in [0.15, 0.2) is 0 Å². The van der Waals surface area contributed by atoms with E-state index in [9.17, 15) is 4.79 Å². The van der Waals surface area contributed by atoms with Crippen molar-refractivity contribution in [1.29, 1.82) is 0 Å². The van der Waals surface area contributed by atoms with Crippen LogP contribution in [0.5, 0.6) is 0 Å². The van der Waals surface area contributed by atoms with E-state index < -0.39 is 0 Å². The summed E-state index contributed by atoms with van der Waals surface area (Å²) < 4.78 is 5.13. The van der Waals surface area contributed by atoms with Gasteiger partial charge in [0.1, 0.15) is 0 Å². The molecule has 0 radical (unpaired) electrons. The van der Waals surface area contributed by atoms with E-state index in [1.54, 1.807) is 0 Å². The summed E-state index contributed by atoms with van der Waals surface area (Å²) in [6.45, 7) is 4.59. The van der Waals surface area contributed by atoms with E-state index >= 15 is 0 Å². The van der Waals surface area contributed by atoms with Crippen LogP contribution in [0.2, 0.25) is 0 Å². The highest BCUT2D eigenvalue weighted by Gasteiger charge is 2.17. The molecule has 12 heavy (non-hydrogen) atoms. The molecule has 0 bridgehead atoms. The van der Waals surface area contributed by atoms with Crippen molar-refractivity contribution in [3.8, 4) is 0 Å². The van der Waals surface area contributed by atoms with Crippen LogP contribution >= 0.6 is 0 Å². The normalized spacial score (nSPS) is 20.7. The molecule has 0 unspecified atom stereocenters. The van der Waals surface area contributed by atoms with E-state index in [2.05, 4.69) is 0 Å². The number of rotatable bonds is 2. The number of amides is 1. The van der Waals surface area contributed by atoms with Gasteiger partial charge in [-0.25, -0.2) is 0 Å². The van der Waals surface area contributed by atoms with E-state index in [4.69, 9.17) is 10.5 Å². The van der Waals surface area contributed by atoms with Gasteiger partial charge in [0.05, 0.1) is 13.2 Å². The molecule has 2 N–H and O–H groups in total. The van der Waals surface area contributed by atoms with Gasteiger partial charge in [0.15, 0.2) is 0 Å². The first-order valence-electron chi connectivity index (χ1n) is 4.31. The van der Waals surface area contributed by atoms with E-state index in [0.717, 1.165) is 0 Å². The molecule has 1 rings (SSSR count). The first kappa shape index (κ1) is 9.48. The molecule has 1 fully saturated rings. The summed E-state index contributed by atoms with van der Waals surface area (Å²) in [5.41, 5.74) is 5.52. The molecule has 0 saturated carbocycles.